The second kappa shape index (κ2) is 8.94. The summed E-state index contributed by atoms with van der Waals surface area (Å²) in [5.74, 6) is -1.35. The van der Waals surface area contributed by atoms with Gasteiger partial charge >= 0.3 is 5.97 Å². The zero-order valence-electron chi connectivity index (χ0n) is 14.1. The van der Waals surface area contributed by atoms with E-state index < -0.39 is 18.0 Å². The van der Waals surface area contributed by atoms with Gasteiger partial charge in [-0.2, -0.15) is 0 Å². The van der Waals surface area contributed by atoms with Gasteiger partial charge in [-0.25, -0.2) is 9.18 Å². The van der Waals surface area contributed by atoms with Crippen molar-refractivity contribution in [2.45, 2.75) is 26.2 Å². The zero-order chi connectivity index (χ0) is 18.2. The molecular weight excluding hydrogens is 325 g/mol. The molecule has 0 saturated heterocycles. The largest absolute Gasteiger partial charge is 0.449 e. The Morgan fingerprint density at radius 2 is 1.84 bits per heavy atom. The molecule has 0 unspecified atom stereocenters. The van der Waals surface area contributed by atoms with Gasteiger partial charge in [0.2, 0.25) is 0 Å². The highest BCUT2D eigenvalue weighted by Crippen LogP contribution is 2.09. The molecule has 1 atom stereocenters. The fourth-order valence-corrected chi connectivity index (χ4v) is 2.17. The van der Waals surface area contributed by atoms with Crippen LogP contribution in [0, 0.1) is 5.82 Å². The maximum atomic E-state index is 12.8. The number of halogens is 1. The summed E-state index contributed by atoms with van der Waals surface area (Å²) >= 11 is 0. The van der Waals surface area contributed by atoms with Gasteiger partial charge in [-0.1, -0.05) is 24.3 Å². The Balaban J connectivity index is 1.88. The highest BCUT2D eigenvalue weighted by atomic mass is 19.1. The maximum Gasteiger partial charge on any atom is 0.338 e. The monoisotopic (exact) mass is 345 g/mol. The zero-order valence-corrected chi connectivity index (χ0v) is 14.1. The molecule has 1 N–H and O–H groups in total. The average Bonchev–Trinajstić information content (AvgIpc) is 2.61. The Morgan fingerprint density at radius 1 is 1.12 bits per heavy atom. The highest BCUT2D eigenvalue weighted by molar-refractivity contribution is 5.92. The van der Waals surface area contributed by atoms with E-state index in [1.165, 1.54) is 19.1 Å². The number of ether oxygens (including phenoxy) is 2. The first kappa shape index (κ1) is 18.6. The molecule has 2 rings (SSSR count). The van der Waals surface area contributed by atoms with Gasteiger partial charge in [-0.05, 0) is 42.3 Å². The van der Waals surface area contributed by atoms with E-state index in [1.807, 2.05) is 6.07 Å². The number of carbonyl (C=O) groups excluding carboxylic acids is 2. The lowest BCUT2D eigenvalue weighted by atomic mass is 10.1. The first-order valence-corrected chi connectivity index (χ1v) is 7.80. The molecule has 0 radical (unpaired) electrons. The topological polar surface area (TPSA) is 64.6 Å². The molecule has 0 spiro atoms. The number of amides is 1. The second-order valence-electron chi connectivity index (χ2n) is 5.53. The van der Waals surface area contributed by atoms with Gasteiger partial charge in [0.1, 0.15) is 5.82 Å². The Labute approximate surface area is 145 Å². The van der Waals surface area contributed by atoms with Gasteiger partial charge in [0.05, 0.1) is 12.2 Å². The van der Waals surface area contributed by atoms with E-state index in [1.54, 1.807) is 37.4 Å². The standard InChI is InChI=1S/C19H20FNO4/c1-13(18(22)21-11-14-6-8-17(20)9-7-14)25-19(23)16-5-3-4-15(10-16)12-24-2/h3-10,13H,11-12H2,1-2H3,(H,21,22)/t13-/m1/s1. The van der Waals surface area contributed by atoms with Gasteiger partial charge in [0, 0.05) is 13.7 Å². The van der Waals surface area contributed by atoms with E-state index in [-0.39, 0.29) is 12.4 Å². The predicted octanol–water partition coefficient (Wildman–Crippen LogP) is 2.83. The van der Waals surface area contributed by atoms with Gasteiger partial charge in [0.25, 0.3) is 5.91 Å². The molecule has 1 amide bonds. The third-order valence-corrected chi connectivity index (χ3v) is 3.51. The molecule has 0 bridgehead atoms. The van der Waals surface area contributed by atoms with Crippen LogP contribution in [0.4, 0.5) is 4.39 Å². The molecule has 25 heavy (non-hydrogen) atoms. The molecule has 0 aliphatic rings. The number of benzene rings is 2. The third kappa shape index (κ3) is 5.69. The van der Waals surface area contributed by atoms with Crippen LogP contribution in [0.25, 0.3) is 0 Å². The number of hydrogen-bond donors (Lipinski definition) is 1. The van der Waals surface area contributed by atoms with Crippen LogP contribution in [-0.4, -0.2) is 25.1 Å². The van der Waals surface area contributed by atoms with Crippen LogP contribution in [0.3, 0.4) is 0 Å². The van der Waals surface area contributed by atoms with Crippen molar-refractivity contribution in [1.29, 1.82) is 0 Å². The number of rotatable bonds is 7. The summed E-state index contributed by atoms with van der Waals surface area (Å²) in [6, 6.07) is 12.6. The van der Waals surface area contributed by atoms with E-state index in [9.17, 15) is 14.0 Å². The number of hydrogen-bond acceptors (Lipinski definition) is 4. The Hall–Kier alpha value is -2.73. The summed E-state index contributed by atoms with van der Waals surface area (Å²) < 4.78 is 23.1. The first-order chi connectivity index (χ1) is 12.0. The minimum Gasteiger partial charge on any atom is -0.449 e. The van der Waals surface area contributed by atoms with Crippen molar-refractivity contribution < 1.29 is 23.5 Å². The number of methoxy groups -OCH3 is 1. The SMILES string of the molecule is COCc1cccc(C(=O)O[C@H](C)C(=O)NCc2ccc(F)cc2)c1. The van der Waals surface area contributed by atoms with E-state index in [2.05, 4.69) is 5.32 Å². The number of nitrogens with one attached hydrogen (secondary N) is 1. The van der Waals surface area contributed by atoms with Crippen LogP contribution < -0.4 is 5.32 Å². The lowest BCUT2D eigenvalue weighted by Crippen LogP contribution is -2.35. The maximum absolute atomic E-state index is 12.8. The molecule has 0 saturated carbocycles. The van der Waals surface area contributed by atoms with Gasteiger partial charge in [0.15, 0.2) is 6.10 Å². The molecule has 0 aliphatic heterocycles. The predicted molar refractivity (Wildman–Crippen MR) is 90.3 cm³/mol. The van der Waals surface area contributed by atoms with Crippen molar-refractivity contribution in [3.63, 3.8) is 0 Å². The van der Waals surface area contributed by atoms with Crippen LogP contribution in [0.15, 0.2) is 48.5 Å². The van der Waals surface area contributed by atoms with Crippen molar-refractivity contribution in [3.05, 3.63) is 71.0 Å². The van der Waals surface area contributed by atoms with Crippen molar-refractivity contribution >= 4 is 11.9 Å². The summed E-state index contributed by atoms with van der Waals surface area (Å²) in [4.78, 5) is 24.2. The molecule has 132 valence electrons. The minimum atomic E-state index is -0.945. The molecule has 0 fully saturated rings. The number of esters is 1. The lowest BCUT2D eigenvalue weighted by molar-refractivity contribution is -0.129. The Morgan fingerprint density at radius 3 is 2.52 bits per heavy atom. The smallest absolute Gasteiger partial charge is 0.338 e. The molecule has 2 aromatic carbocycles. The summed E-state index contributed by atoms with van der Waals surface area (Å²) in [6.45, 7) is 2.11. The molecule has 0 aliphatic carbocycles. The van der Waals surface area contributed by atoms with Gasteiger partial charge in [-0.15, -0.1) is 0 Å². The van der Waals surface area contributed by atoms with Gasteiger partial charge < -0.3 is 14.8 Å². The summed E-state index contributed by atoms with van der Waals surface area (Å²) in [5.41, 5.74) is 1.94. The fraction of sp³-hybridized carbons (Fsp3) is 0.263. The second-order valence-corrected chi connectivity index (χ2v) is 5.53. The van der Waals surface area contributed by atoms with Crippen LogP contribution in [-0.2, 0) is 27.4 Å². The van der Waals surface area contributed by atoms with Crippen LogP contribution in [0.5, 0.6) is 0 Å². The average molecular weight is 345 g/mol. The van der Waals surface area contributed by atoms with E-state index >= 15 is 0 Å². The van der Waals surface area contributed by atoms with Crippen molar-refractivity contribution in [2.24, 2.45) is 0 Å². The van der Waals surface area contributed by atoms with Crippen molar-refractivity contribution in [2.75, 3.05) is 7.11 Å². The molecule has 0 heterocycles. The van der Waals surface area contributed by atoms with Crippen molar-refractivity contribution in [3.8, 4) is 0 Å². The van der Waals surface area contributed by atoms with Gasteiger partial charge in [-0.3, -0.25) is 4.79 Å². The van der Waals surface area contributed by atoms with Crippen LogP contribution >= 0.6 is 0 Å². The lowest BCUT2D eigenvalue weighted by Gasteiger charge is -2.14. The molecule has 6 heteroatoms. The quantitative estimate of drug-likeness (QED) is 0.784. The summed E-state index contributed by atoms with van der Waals surface area (Å²) in [6.07, 6.45) is -0.945. The minimum absolute atomic E-state index is 0.227. The first-order valence-electron chi connectivity index (χ1n) is 7.80. The summed E-state index contributed by atoms with van der Waals surface area (Å²) in [7, 11) is 1.57. The third-order valence-electron chi connectivity index (χ3n) is 3.51. The van der Waals surface area contributed by atoms with Crippen LogP contribution in [0.2, 0.25) is 0 Å². The number of carbonyl (C=O) groups is 2. The fourth-order valence-electron chi connectivity index (χ4n) is 2.17. The Kier molecular flexibility index (Phi) is 6.65. The van der Waals surface area contributed by atoms with Crippen molar-refractivity contribution in [1.82, 2.24) is 5.32 Å². The highest BCUT2D eigenvalue weighted by Gasteiger charge is 2.18. The molecule has 2 aromatic rings. The molecular formula is C19H20FNO4. The normalized spacial score (nSPS) is 11.6. The molecule has 0 aromatic heterocycles. The van der Waals surface area contributed by atoms with Crippen LogP contribution in [0.1, 0.15) is 28.4 Å². The van der Waals surface area contributed by atoms with E-state index in [0.717, 1.165) is 11.1 Å². The molecule has 5 nitrogen and oxygen atoms in total. The van der Waals surface area contributed by atoms with E-state index in [4.69, 9.17) is 9.47 Å². The Bertz CT molecular complexity index is 730. The van der Waals surface area contributed by atoms with E-state index in [0.29, 0.717) is 12.2 Å². The summed E-state index contributed by atoms with van der Waals surface area (Å²) in [5, 5.41) is 2.65.